The molecule has 0 amide bonds. The molecule has 1 aliphatic carbocycles. The Bertz CT molecular complexity index is 384. The molecule has 0 aromatic carbocycles. The van der Waals surface area contributed by atoms with Crippen LogP contribution in [0.15, 0.2) is 24.3 Å². The van der Waals surface area contributed by atoms with Crippen LogP contribution >= 0.6 is 0 Å². The van der Waals surface area contributed by atoms with E-state index >= 15 is 0 Å². The molecule has 0 aromatic rings. The molecular weight excluding hydrogens is 256 g/mol. The van der Waals surface area contributed by atoms with E-state index < -0.39 is 22.8 Å². The van der Waals surface area contributed by atoms with Crippen LogP contribution in [0.1, 0.15) is 52.4 Å². The van der Waals surface area contributed by atoms with Gasteiger partial charge in [0, 0.05) is 0 Å². The highest BCUT2D eigenvalue weighted by molar-refractivity contribution is 5.90. The van der Waals surface area contributed by atoms with Gasteiger partial charge < -0.3 is 10.2 Å². The highest BCUT2D eigenvalue weighted by Crippen LogP contribution is 2.51. The predicted octanol–water partition coefficient (Wildman–Crippen LogP) is 3.63. The Hall–Kier alpha value is -1.58. The van der Waals surface area contributed by atoms with Crippen molar-refractivity contribution >= 4 is 11.9 Å². The molecule has 1 rings (SSSR count). The van der Waals surface area contributed by atoms with E-state index in [1.807, 2.05) is 13.8 Å². The van der Waals surface area contributed by atoms with Gasteiger partial charge in [-0.1, -0.05) is 63.8 Å². The molecule has 20 heavy (non-hydrogen) atoms. The predicted molar refractivity (Wildman–Crippen MR) is 77.5 cm³/mol. The number of aliphatic carboxylic acids is 2. The molecule has 2 atom stereocenters. The minimum absolute atomic E-state index is 0.357. The molecule has 0 heterocycles. The van der Waals surface area contributed by atoms with Crippen molar-refractivity contribution in [2.75, 3.05) is 0 Å². The first-order chi connectivity index (χ1) is 9.47. The van der Waals surface area contributed by atoms with Gasteiger partial charge in [-0.05, 0) is 12.8 Å². The summed E-state index contributed by atoms with van der Waals surface area (Å²) in [5.74, 6) is -2.07. The monoisotopic (exact) mass is 280 g/mol. The first kappa shape index (κ1) is 16.5. The lowest BCUT2D eigenvalue weighted by molar-refractivity contribution is -0.167. The average Bonchev–Trinajstić information content (AvgIpc) is 2.43. The SMILES string of the molecule is CCCCC1(C(=O)O)C=CC=CC1(CCCC)C(=O)O. The Labute approximate surface area is 120 Å². The van der Waals surface area contributed by atoms with E-state index in [-0.39, 0.29) is 0 Å². The molecule has 0 spiro atoms. The molecule has 0 saturated heterocycles. The largest absolute Gasteiger partial charge is 0.481 e. The Balaban J connectivity index is 3.32. The molecule has 112 valence electrons. The summed E-state index contributed by atoms with van der Waals surface area (Å²) in [5, 5.41) is 19.5. The second-order valence-corrected chi connectivity index (χ2v) is 5.48. The second-order valence-electron chi connectivity index (χ2n) is 5.48. The smallest absolute Gasteiger partial charge is 0.315 e. The van der Waals surface area contributed by atoms with E-state index in [1.54, 1.807) is 24.3 Å². The van der Waals surface area contributed by atoms with Crippen LogP contribution in [0.4, 0.5) is 0 Å². The lowest BCUT2D eigenvalue weighted by Gasteiger charge is -2.43. The van der Waals surface area contributed by atoms with Gasteiger partial charge >= 0.3 is 11.9 Å². The van der Waals surface area contributed by atoms with Crippen molar-refractivity contribution in [3.05, 3.63) is 24.3 Å². The van der Waals surface area contributed by atoms with E-state index in [2.05, 4.69) is 0 Å². The number of carboxylic acids is 2. The molecule has 0 aromatic heterocycles. The van der Waals surface area contributed by atoms with Crippen LogP contribution in [0.3, 0.4) is 0 Å². The standard InChI is InChI=1S/C16H24O4/c1-3-5-9-15(13(17)18)11-7-8-12-16(15,14(19)20)10-6-4-2/h7-8,11-12H,3-6,9-10H2,1-2H3,(H,17,18)(H,19,20). The maximum Gasteiger partial charge on any atom is 0.315 e. The second kappa shape index (κ2) is 6.73. The highest BCUT2D eigenvalue weighted by Gasteiger charge is 2.58. The van der Waals surface area contributed by atoms with Gasteiger partial charge in [0.1, 0.15) is 10.8 Å². The van der Waals surface area contributed by atoms with Gasteiger partial charge in [0.2, 0.25) is 0 Å². The Morgan fingerprint density at radius 3 is 1.45 bits per heavy atom. The summed E-state index contributed by atoms with van der Waals surface area (Å²) in [7, 11) is 0. The zero-order valence-corrected chi connectivity index (χ0v) is 12.3. The zero-order chi connectivity index (χ0) is 15.2. The first-order valence-electron chi connectivity index (χ1n) is 7.30. The Kier molecular flexibility index (Phi) is 5.54. The van der Waals surface area contributed by atoms with Crippen LogP contribution in [-0.2, 0) is 9.59 Å². The van der Waals surface area contributed by atoms with E-state index in [0.29, 0.717) is 25.7 Å². The fourth-order valence-electron chi connectivity index (χ4n) is 3.00. The third-order valence-electron chi connectivity index (χ3n) is 4.28. The molecule has 2 unspecified atom stereocenters. The van der Waals surface area contributed by atoms with Crippen molar-refractivity contribution in [2.24, 2.45) is 10.8 Å². The van der Waals surface area contributed by atoms with Crippen LogP contribution in [-0.4, -0.2) is 22.2 Å². The van der Waals surface area contributed by atoms with E-state index in [4.69, 9.17) is 0 Å². The number of hydrogen-bond donors (Lipinski definition) is 2. The van der Waals surface area contributed by atoms with Crippen molar-refractivity contribution in [3.63, 3.8) is 0 Å². The molecule has 0 bridgehead atoms. The van der Waals surface area contributed by atoms with Crippen molar-refractivity contribution < 1.29 is 19.8 Å². The summed E-state index contributed by atoms with van der Waals surface area (Å²) in [4.78, 5) is 23.8. The van der Waals surface area contributed by atoms with E-state index in [0.717, 1.165) is 12.8 Å². The molecule has 2 N–H and O–H groups in total. The Morgan fingerprint density at radius 1 is 0.850 bits per heavy atom. The minimum atomic E-state index is -1.33. The van der Waals surface area contributed by atoms with Crippen LogP contribution in [0, 0.1) is 10.8 Å². The van der Waals surface area contributed by atoms with Gasteiger partial charge in [0.25, 0.3) is 0 Å². The van der Waals surface area contributed by atoms with E-state index in [9.17, 15) is 19.8 Å². The summed E-state index contributed by atoms with van der Waals surface area (Å²) >= 11 is 0. The summed E-state index contributed by atoms with van der Waals surface area (Å²) < 4.78 is 0. The third kappa shape index (κ3) is 2.65. The average molecular weight is 280 g/mol. The maximum atomic E-state index is 11.9. The van der Waals surface area contributed by atoms with Gasteiger partial charge in [-0.2, -0.15) is 0 Å². The Morgan fingerprint density at radius 2 is 1.20 bits per heavy atom. The van der Waals surface area contributed by atoms with Gasteiger partial charge in [-0.15, -0.1) is 0 Å². The molecule has 4 nitrogen and oxygen atoms in total. The fraction of sp³-hybridized carbons (Fsp3) is 0.625. The number of hydrogen-bond acceptors (Lipinski definition) is 2. The van der Waals surface area contributed by atoms with Gasteiger partial charge in [-0.25, -0.2) is 0 Å². The van der Waals surface area contributed by atoms with Crippen molar-refractivity contribution in [3.8, 4) is 0 Å². The number of allylic oxidation sites excluding steroid dienone is 2. The molecule has 0 saturated carbocycles. The van der Waals surface area contributed by atoms with Crippen molar-refractivity contribution in [1.29, 1.82) is 0 Å². The zero-order valence-electron chi connectivity index (χ0n) is 12.3. The molecule has 0 fully saturated rings. The van der Waals surface area contributed by atoms with E-state index in [1.165, 1.54) is 0 Å². The third-order valence-corrected chi connectivity index (χ3v) is 4.28. The topological polar surface area (TPSA) is 74.6 Å². The lowest BCUT2D eigenvalue weighted by atomic mass is 9.57. The van der Waals surface area contributed by atoms with Crippen molar-refractivity contribution in [2.45, 2.75) is 52.4 Å². The normalized spacial score (nSPS) is 28.5. The highest BCUT2D eigenvalue weighted by atomic mass is 16.4. The first-order valence-corrected chi connectivity index (χ1v) is 7.30. The number of rotatable bonds is 8. The molecule has 4 heteroatoms. The summed E-state index contributed by atoms with van der Waals surface area (Å²) in [6.07, 6.45) is 10.3. The van der Waals surface area contributed by atoms with Gasteiger partial charge in [0.15, 0.2) is 0 Å². The molecule has 0 aliphatic heterocycles. The summed E-state index contributed by atoms with van der Waals surface area (Å²) in [6, 6.07) is 0. The number of unbranched alkanes of at least 4 members (excludes halogenated alkanes) is 2. The van der Waals surface area contributed by atoms with Crippen molar-refractivity contribution in [1.82, 2.24) is 0 Å². The van der Waals surface area contributed by atoms with Gasteiger partial charge in [0.05, 0.1) is 0 Å². The van der Waals surface area contributed by atoms with Crippen LogP contribution in [0.5, 0.6) is 0 Å². The lowest BCUT2D eigenvalue weighted by Crippen LogP contribution is -2.51. The summed E-state index contributed by atoms with van der Waals surface area (Å²) in [5.41, 5.74) is -2.67. The van der Waals surface area contributed by atoms with Crippen LogP contribution < -0.4 is 0 Å². The molecular formula is C16H24O4. The number of carboxylic acid groups (broad SMARTS) is 2. The molecule has 1 aliphatic rings. The van der Waals surface area contributed by atoms with Crippen LogP contribution in [0.25, 0.3) is 0 Å². The van der Waals surface area contributed by atoms with Gasteiger partial charge in [-0.3, -0.25) is 9.59 Å². The fourth-order valence-corrected chi connectivity index (χ4v) is 3.00. The quantitative estimate of drug-likeness (QED) is 0.712. The summed E-state index contributed by atoms with van der Waals surface area (Å²) in [6.45, 7) is 3.96. The number of carbonyl (C=O) groups is 2. The van der Waals surface area contributed by atoms with Crippen LogP contribution in [0.2, 0.25) is 0 Å². The minimum Gasteiger partial charge on any atom is -0.481 e. The molecule has 0 radical (unpaired) electrons. The maximum absolute atomic E-state index is 11.9.